The third-order valence-electron chi connectivity index (χ3n) is 4.01. The van der Waals surface area contributed by atoms with Gasteiger partial charge in [0.15, 0.2) is 0 Å². The van der Waals surface area contributed by atoms with Gasteiger partial charge in [0.2, 0.25) is 0 Å². The molecule has 3 rings (SSSR count). The van der Waals surface area contributed by atoms with Gasteiger partial charge in [0.1, 0.15) is 5.75 Å². The number of allylic oxidation sites excluding steroid dienone is 5. The van der Waals surface area contributed by atoms with Crippen molar-refractivity contribution in [2.24, 2.45) is 5.92 Å². The molecular weight excluding hydrogens is 256 g/mol. The van der Waals surface area contributed by atoms with Crippen molar-refractivity contribution in [2.45, 2.75) is 20.8 Å². The number of phenols is 1. The monoisotopic (exact) mass is 278 g/mol. The maximum absolute atomic E-state index is 10.1. The van der Waals surface area contributed by atoms with E-state index in [1.54, 1.807) is 18.2 Å². The lowest BCUT2D eigenvalue weighted by atomic mass is 9.92. The molecule has 1 unspecified atom stereocenters. The summed E-state index contributed by atoms with van der Waals surface area (Å²) < 4.78 is 0. The van der Waals surface area contributed by atoms with E-state index < -0.39 is 0 Å². The van der Waals surface area contributed by atoms with Crippen LogP contribution >= 0.6 is 0 Å². The SMILES string of the molecule is C=Cc1c(O)cc2c(c1C=C)C1=C(C2=C)C(C)C=C1.CC. The summed E-state index contributed by atoms with van der Waals surface area (Å²) in [6.45, 7) is 18.0. The largest absolute Gasteiger partial charge is 0.507 e. The molecule has 0 saturated heterocycles. The zero-order valence-corrected chi connectivity index (χ0v) is 13.0. The highest BCUT2D eigenvalue weighted by atomic mass is 16.3. The molecule has 0 saturated carbocycles. The molecule has 1 atom stereocenters. The quantitative estimate of drug-likeness (QED) is 0.736. The number of phenolic OH excluding ortho intramolecular Hbond substituents is 1. The maximum Gasteiger partial charge on any atom is 0.124 e. The Bertz CT molecular complexity index is 699. The van der Waals surface area contributed by atoms with E-state index in [0.29, 0.717) is 5.92 Å². The molecule has 21 heavy (non-hydrogen) atoms. The average molecular weight is 278 g/mol. The van der Waals surface area contributed by atoms with E-state index in [4.69, 9.17) is 0 Å². The van der Waals surface area contributed by atoms with Crippen molar-refractivity contribution < 1.29 is 5.11 Å². The Morgan fingerprint density at radius 1 is 1.14 bits per heavy atom. The minimum Gasteiger partial charge on any atom is -0.507 e. The fourth-order valence-electron chi connectivity index (χ4n) is 3.13. The Balaban J connectivity index is 0.000000774. The van der Waals surface area contributed by atoms with E-state index in [2.05, 4.69) is 38.8 Å². The Morgan fingerprint density at radius 2 is 1.76 bits per heavy atom. The van der Waals surface area contributed by atoms with Crippen LogP contribution in [0.3, 0.4) is 0 Å². The predicted octanol–water partition coefficient (Wildman–Crippen LogP) is 5.69. The number of hydrogen-bond donors (Lipinski definition) is 1. The van der Waals surface area contributed by atoms with Crippen molar-refractivity contribution in [3.05, 3.63) is 65.8 Å². The molecular formula is C20H22O. The summed E-state index contributed by atoms with van der Waals surface area (Å²) in [4.78, 5) is 0. The number of benzene rings is 1. The van der Waals surface area contributed by atoms with Crippen molar-refractivity contribution in [1.82, 2.24) is 0 Å². The van der Waals surface area contributed by atoms with E-state index in [9.17, 15) is 5.11 Å². The highest BCUT2D eigenvalue weighted by Gasteiger charge is 2.32. The van der Waals surface area contributed by atoms with Gasteiger partial charge >= 0.3 is 0 Å². The molecule has 0 spiro atoms. The Labute approximate surface area is 127 Å². The third-order valence-corrected chi connectivity index (χ3v) is 4.01. The zero-order valence-electron chi connectivity index (χ0n) is 13.0. The van der Waals surface area contributed by atoms with E-state index in [1.165, 1.54) is 11.1 Å². The Hall–Kier alpha value is -2.28. The lowest BCUT2D eigenvalue weighted by Gasteiger charge is -2.13. The fraction of sp³-hybridized carbons (Fsp3) is 0.200. The summed E-state index contributed by atoms with van der Waals surface area (Å²) in [6.07, 6.45) is 7.80. The number of fused-ring (bicyclic) bond motifs is 2. The summed E-state index contributed by atoms with van der Waals surface area (Å²) in [5.74, 6) is 0.615. The van der Waals surface area contributed by atoms with Gasteiger partial charge in [-0.25, -0.2) is 0 Å². The molecule has 1 aromatic carbocycles. The van der Waals surface area contributed by atoms with Crippen LogP contribution in [0.25, 0.3) is 23.3 Å². The molecule has 108 valence electrons. The van der Waals surface area contributed by atoms with Gasteiger partial charge < -0.3 is 5.11 Å². The van der Waals surface area contributed by atoms with Gasteiger partial charge in [0, 0.05) is 11.5 Å². The van der Waals surface area contributed by atoms with Gasteiger partial charge in [0.25, 0.3) is 0 Å². The topological polar surface area (TPSA) is 20.2 Å². The van der Waals surface area contributed by atoms with Crippen LogP contribution in [0.1, 0.15) is 43.0 Å². The third kappa shape index (κ3) is 2.01. The number of aromatic hydroxyl groups is 1. The standard InChI is InChI=1S/C18H16O.C2H6/c1-5-12-13(6-2)18-14-8-7-10(3)17(14)11(4)15(18)9-16(12)19;1-2/h5-10,19H,1-2,4H2,3H3;1-2H3. The highest BCUT2D eigenvalue weighted by Crippen LogP contribution is 2.51. The van der Waals surface area contributed by atoms with Crippen LogP contribution < -0.4 is 0 Å². The lowest BCUT2D eigenvalue weighted by Crippen LogP contribution is -1.94. The predicted molar refractivity (Wildman–Crippen MR) is 93.9 cm³/mol. The summed E-state index contributed by atoms with van der Waals surface area (Å²) in [6, 6.07) is 1.79. The maximum atomic E-state index is 10.1. The molecule has 2 aliphatic rings. The second-order valence-corrected chi connectivity index (χ2v) is 5.01. The number of rotatable bonds is 2. The normalized spacial score (nSPS) is 18.0. The van der Waals surface area contributed by atoms with Crippen molar-refractivity contribution >= 4 is 23.3 Å². The van der Waals surface area contributed by atoms with Crippen molar-refractivity contribution in [3.8, 4) is 5.75 Å². The van der Waals surface area contributed by atoms with Gasteiger partial charge in [-0.3, -0.25) is 0 Å². The highest BCUT2D eigenvalue weighted by molar-refractivity contribution is 6.07. The van der Waals surface area contributed by atoms with Crippen LogP contribution in [0.5, 0.6) is 5.75 Å². The van der Waals surface area contributed by atoms with Crippen LogP contribution in [0.15, 0.2) is 43.5 Å². The number of hydrogen-bond acceptors (Lipinski definition) is 1. The van der Waals surface area contributed by atoms with Crippen LogP contribution in [-0.2, 0) is 0 Å². The van der Waals surface area contributed by atoms with Crippen molar-refractivity contribution in [1.29, 1.82) is 0 Å². The van der Waals surface area contributed by atoms with Crippen LogP contribution in [0.2, 0.25) is 0 Å². The molecule has 0 heterocycles. The van der Waals surface area contributed by atoms with E-state index >= 15 is 0 Å². The molecule has 1 heteroatoms. The molecule has 2 aliphatic carbocycles. The molecule has 0 aliphatic heterocycles. The second-order valence-electron chi connectivity index (χ2n) is 5.01. The first-order valence-corrected chi connectivity index (χ1v) is 7.37. The minimum atomic E-state index is 0.239. The molecule has 1 nitrogen and oxygen atoms in total. The molecule has 0 radical (unpaired) electrons. The fourth-order valence-corrected chi connectivity index (χ4v) is 3.13. The molecule has 0 fully saturated rings. The van der Waals surface area contributed by atoms with Gasteiger partial charge in [-0.05, 0) is 39.5 Å². The molecule has 1 N–H and O–H groups in total. The van der Waals surface area contributed by atoms with Gasteiger partial charge in [-0.1, -0.05) is 64.8 Å². The molecule has 0 amide bonds. The first-order chi connectivity index (χ1) is 10.1. The smallest absolute Gasteiger partial charge is 0.124 e. The Morgan fingerprint density at radius 3 is 2.33 bits per heavy atom. The first-order valence-electron chi connectivity index (χ1n) is 7.37. The van der Waals surface area contributed by atoms with Crippen LogP contribution in [0, 0.1) is 5.92 Å². The summed E-state index contributed by atoms with van der Waals surface area (Å²) in [5, 5.41) is 10.1. The lowest BCUT2D eigenvalue weighted by molar-refractivity contribution is 0.473. The van der Waals surface area contributed by atoms with Crippen LogP contribution in [-0.4, -0.2) is 5.11 Å². The summed E-state index contributed by atoms with van der Waals surface area (Å²) in [5.41, 5.74) is 7.31. The molecule has 1 aromatic rings. The molecule has 0 bridgehead atoms. The zero-order chi connectivity index (χ0) is 15.7. The van der Waals surface area contributed by atoms with Crippen LogP contribution in [0.4, 0.5) is 0 Å². The summed E-state index contributed by atoms with van der Waals surface area (Å²) in [7, 11) is 0. The summed E-state index contributed by atoms with van der Waals surface area (Å²) >= 11 is 0. The Kier molecular flexibility index (Phi) is 4.04. The molecule has 0 aromatic heterocycles. The van der Waals surface area contributed by atoms with Crippen molar-refractivity contribution in [2.75, 3.05) is 0 Å². The first kappa shape index (κ1) is 15.1. The van der Waals surface area contributed by atoms with E-state index in [-0.39, 0.29) is 5.75 Å². The van der Waals surface area contributed by atoms with Crippen molar-refractivity contribution in [3.63, 3.8) is 0 Å². The second kappa shape index (κ2) is 5.61. The van der Waals surface area contributed by atoms with Gasteiger partial charge in [0.05, 0.1) is 0 Å². The van der Waals surface area contributed by atoms with Gasteiger partial charge in [-0.2, -0.15) is 0 Å². The minimum absolute atomic E-state index is 0.239. The van der Waals surface area contributed by atoms with Gasteiger partial charge in [-0.15, -0.1) is 0 Å². The van der Waals surface area contributed by atoms with E-state index in [1.807, 2.05) is 13.8 Å². The van der Waals surface area contributed by atoms with E-state index in [0.717, 1.165) is 27.8 Å². The average Bonchev–Trinajstić information content (AvgIpc) is 3.00.